The van der Waals surface area contributed by atoms with Crippen LogP contribution in [0.3, 0.4) is 0 Å². The third-order valence-corrected chi connectivity index (χ3v) is 3.03. The molecule has 18 heavy (non-hydrogen) atoms. The van der Waals surface area contributed by atoms with Crippen LogP contribution in [0.5, 0.6) is 11.5 Å². The third-order valence-electron chi connectivity index (χ3n) is 3.03. The van der Waals surface area contributed by atoms with E-state index >= 15 is 0 Å². The van der Waals surface area contributed by atoms with Gasteiger partial charge in [0, 0.05) is 0 Å². The first-order valence-corrected chi connectivity index (χ1v) is 6.10. The predicted octanol–water partition coefficient (Wildman–Crippen LogP) is 2.43. The van der Waals surface area contributed by atoms with Gasteiger partial charge < -0.3 is 14.6 Å². The Morgan fingerprint density at radius 2 is 2.22 bits per heavy atom. The fraction of sp³-hybridized carbons (Fsp3) is 0.500. The monoisotopic (exact) mass is 247 g/mol. The molecule has 1 unspecified atom stereocenters. The zero-order valence-corrected chi connectivity index (χ0v) is 10.4. The Labute approximate surface area is 107 Å². The molecule has 0 heterocycles. The number of hydrogen-bond donors (Lipinski definition) is 1. The van der Waals surface area contributed by atoms with Gasteiger partial charge in [-0.05, 0) is 36.5 Å². The van der Waals surface area contributed by atoms with Crippen LogP contribution >= 0.6 is 0 Å². The van der Waals surface area contributed by atoms with E-state index in [0.717, 1.165) is 0 Å². The van der Waals surface area contributed by atoms with Crippen molar-refractivity contribution in [2.45, 2.75) is 25.4 Å². The fourth-order valence-corrected chi connectivity index (χ4v) is 1.71. The van der Waals surface area contributed by atoms with Crippen LogP contribution in [0.15, 0.2) is 18.2 Å². The molecule has 0 aliphatic heterocycles. The van der Waals surface area contributed by atoms with Gasteiger partial charge in [-0.1, -0.05) is 6.07 Å². The van der Waals surface area contributed by atoms with E-state index in [1.165, 1.54) is 12.8 Å². The number of hydrogen-bond acceptors (Lipinski definition) is 4. The highest BCUT2D eigenvalue weighted by molar-refractivity contribution is 5.43. The highest BCUT2D eigenvalue weighted by atomic mass is 16.5. The van der Waals surface area contributed by atoms with E-state index in [9.17, 15) is 5.11 Å². The Bertz CT molecular complexity index is 449. The van der Waals surface area contributed by atoms with Crippen molar-refractivity contribution in [3.8, 4) is 17.6 Å². The average molecular weight is 247 g/mol. The van der Waals surface area contributed by atoms with Crippen LogP contribution < -0.4 is 9.47 Å². The summed E-state index contributed by atoms with van der Waals surface area (Å²) in [6.07, 6.45) is 1.75. The minimum atomic E-state index is -0.774. The minimum Gasteiger partial charge on any atom is -0.493 e. The maximum atomic E-state index is 9.78. The Balaban J connectivity index is 2.12. The summed E-state index contributed by atoms with van der Waals surface area (Å²) in [4.78, 5) is 0. The normalized spacial score (nSPS) is 15.8. The van der Waals surface area contributed by atoms with E-state index < -0.39 is 6.10 Å². The van der Waals surface area contributed by atoms with Gasteiger partial charge in [0.05, 0.1) is 32.3 Å². The van der Waals surface area contributed by atoms with Gasteiger partial charge in [0.1, 0.15) is 0 Å². The molecular weight excluding hydrogens is 230 g/mol. The van der Waals surface area contributed by atoms with E-state index in [2.05, 4.69) is 0 Å². The molecule has 0 spiro atoms. The molecule has 1 N–H and O–H groups in total. The number of nitriles is 1. The number of ether oxygens (including phenoxy) is 2. The van der Waals surface area contributed by atoms with Crippen molar-refractivity contribution in [2.24, 2.45) is 5.92 Å². The second kappa shape index (κ2) is 5.74. The molecule has 1 aliphatic rings. The van der Waals surface area contributed by atoms with Crippen molar-refractivity contribution < 1.29 is 14.6 Å². The summed E-state index contributed by atoms with van der Waals surface area (Å²) in [5.74, 6) is 1.95. The van der Waals surface area contributed by atoms with E-state index in [1.54, 1.807) is 25.3 Å². The van der Waals surface area contributed by atoms with Crippen molar-refractivity contribution in [3.05, 3.63) is 23.8 Å². The smallest absolute Gasteiger partial charge is 0.161 e. The molecule has 2 rings (SSSR count). The van der Waals surface area contributed by atoms with Crippen LogP contribution in [-0.2, 0) is 0 Å². The second-order valence-electron chi connectivity index (χ2n) is 4.54. The third kappa shape index (κ3) is 3.14. The molecule has 1 saturated carbocycles. The number of methoxy groups -OCH3 is 1. The summed E-state index contributed by atoms with van der Waals surface area (Å²) in [5.41, 5.74) is 0.683. The molecule has 4 heteroatoms. The highest BCUT2D eigenvalue weighted by Crippen LogP contribution is 2.34. The molecule has 0 bridgehead atoms. The van der Waals surface area contributed by atoms with Crippen LogP contribution in [0, 0.1) is 17.2 Å². The zero-order valence-electron chi connectivity index (χ0n) is 10.4. The van der Waals surface area contributed by atoms with Crippen molar-refractivity contribution in [3.63, 3.8) is 0 Å². The minimum absolute atomic E-state index is 0.0778. The quantitative estimate of drug-likeness (QED) is 0.838. The summed E-state index contributed by atoms with van der Waals surface area (Å²) in [7, 11) is 1.59. The number of aliphatic hydroxyl groups is 1. The number of benzene rings is 1. The molecule has 0 radical (unpaired) electrons. The van der Waals surface area contributed by atoms with E-state index in [4.69, 9.17) is 14.7 Å². The van der Waals surface area contributed by atoms with Gasteiger partial charge in [-0.3, -0.25) is 0 Å². The van der Waals surface area contributed by atoms with E-state index in [-0.39, 0.29) is 6.42 Å². The van der Waals surface area contributed by atoms with Crippen molar-refractivity contribution in [2.75, 3.05) is 13.7 Å². The summed E-state index contributed by atoms with van der Waals surface area (Å²) in [5, 5.41) is 18.4. The lowest BCUT2D eigenvalue weighted by atomic mass is 10.1. The summed E-state index contributed by atoms with van der Waals surface area (Å²) >= 11 is 0. The molecule has 96 valence electrons. The standard InChI is InChI=1S/C14H17NO3/c1-17-13-5-4-11(12(16)6-7-15)8-14(13)18-9-10-2-3-10/h4-5,8,10,12,16H,2-3,6,9H2,1H3. The summed E-state index contributed by atoms with van der Waals surface area (Å²) in [6, 6.07) is 7.22. The first kappa shape index (κ1) is 12.7. The molecule has 4 nitrogen and oxygen atoms in total. The molecule has 1 aliphatic carbocycles. The van der Waals surface area contributed by atoms with Crippen LogP contribution in [-0.4, -0.2) is 18.8 Å². The maximum absolute atomic E-state index is 9.78. The largest absolute Gasteiger partial charge is 0.493 e. The Morgan fingerprint density at radius 3 is 2.83 bits per heavy atom. The molecule has 1 atom stereocenters. The average Bonchev–Trinajstić information content (AvgIpc) is 3.20. The number of aliphatic hydroxyl groups excluding tert-OH is 1. The maximum Gasteiger partial charge on any atom is 0.161 e. The lowest BCUT2D eigenvalue weighted by Crippen LogP contribution is -2.03. The van der Waals surface area contributed by atoms with Gasteiger partial charge in [0.2, 0.25) is 0 Å². The number of nitrogens with zero attached hydrogens (tertiary/aromatic N) is 1. The Kier molecular flexibility index (Phi) is 4.06. The lowest BCUT2D eigenvalue weighted by molar-refractivity contribution is 0.182. The zero-order chi connectivity index (χ0) is 13.0. The van der Waals surface area contributed by atoms with Gasteiger partial charge in [-0.15, -0.1) is 0 Å². The molecule has 0 saturated heterocycles. The van der Waals surface area contributed by atoms with Crippen LogP contribution in [0.4, 0.5) is 0 Å². The summed E-state index contributed by atoms with van der Waals surface area (Å²) < 4.78 is 10.9. The fourth-order valence-electron chi connectivity index (χ4n) is 1.71. The van der Waals surface area contributed by atoms with Crippen molar-refractivity contribution >= 4 is 0 Å². The Hall–Kier alpha value is -1.73. The van der Waals surface area contributed by atoms with E-state index in [0.29, 0.717) is 29.6 Å². The van der Waals surface area contributed by atoms with E-state index in [1.807, 2.05) is 6.07 Å². The molecular formula is C14H17NO3. The van der Waals surface area contributed by atoms with Gasteiger partial charge >= 0.3 is 0 Å². The van der Waals surface area contributed by atoms with Crippen LogP contribution in [0.25, 0.3) is 0 Å². The molecule has 1 fully saturated rings. The highest BCUT2D eigenvalue weighted by Gasteiger charge is 2.22. The Morgan fingerprint density at radius 1 is 1.44 bits per heavy atom. The van der Waals surface area contributed by atoms with Crippen molar-refractivity contribution in [1.29, 1.82) is 5.26 Å². The second-order valence-corrected chi connectivity index (χ2v) is 4.54. The van der Waals surface area contributed by atoms with Crippen LogP contribution in [0.2, 0.25) is 0 Å². The van der Waals surface area contributed by atoms with Gasteiger partial charge in [-0.2, -0.15) is 5.26 Å². The van der Waals surface area contributed by atoms with Crippen LogP contribution in [0.1, 0.15) is 30.9 Å². The summed E-state index contributed by atoms with van der Waals surface area (Å²) in [6.45, 7) is 0.689. The molecule has 0 aromatic heterocycles. The predicted molar refractivity (Wildman–Crippen MR) is 66.4 cm³/mol. The van der Waals surface area contributed by atoms with Crippen molar-refractivity contribution in [1.82, 2.24) is 0 Å². The lowest BCUT2D eigenvalue weighted by Gasteiger charge is -2.13. The molecule has 1 aromatic carbocycles. The molecule has 1 aromatic rings. The SMILES string of the molecule is COc1ccc(C(O)CC#N)cc1OCC1CC1. The molecule has 0 amide bonds. The van der Waals surface area contributed by atoms with Gasteiger partial charge in [-0.25, -0.2) is 0 Å². The number of rotatable bonds is 6. The first-order valence-electron chi connectivity index (χ1n) is 6.10. The first-order chi connectivity index (χ1) is 8.74. The van der Waals surface area contributed by atoms with Gasteiger partial charge in [0.25, 0.3) is 0 Å². The topological polar surface area (TPSA) is 62.5 Å². The van der Waals surface area contributed by atoms with Gasteiger partial charge in [0.15, 0.2) is 11.5 Å².